The zero-order valence-electron chi connectivity index (χ0n) is 13.5. The summed E-state index contributed by atoms with van der Waals surface area (Å²) in [6, 6.07) is 15.1. The number of phenols is 1. The van der Waals surface area contributed by atoms with Crippen molar-refractivity contribution < 1.29 is 9.90 Å². The van der Waals surface area contributed by atoms with Crippen LogP contribution in [0, 0.1) is 17.8 Å². The van der Waals surface area contributed by atoms with Gasteiger partial charge in [0.2, 0.25) is 5.91 Å². The standard InChI is InChI=1S/C20H22N2O2/c21-20(24)18(12-5-2-1-3-6-12)14-8-4-7-13(19(14)23)9-15-16-10-22-11-17(15)16/h1-8,15-18,22-23H,9-11H2,(H2,21,24). The number of benzene rings is 2. The summed E-state index contributed by atoms with van der Waals surface area (Å²) in [6.45, 7) is 2.17. The molecule has 1 saturated heterocycles. The summed E-state index contributed by atoms with van der Waals surface area (Å²) in [5.74, 6) is 1.30. The highest BCUT2D eigenvalue weighted by atomic mass is 16.3. The number of primary amides is 1. The van der Waals surface area contributed by atoms with Crippen molar-refractivity contribution in [1.82, 2.24) is 5.32 Å². The summed E-state index contributed by atoms with van der Waals surface area (Å²) in [4.78, 5) is 12.1. The first kappa shape index (κ1) is 15.2. The smallest absolute Gasteiger partial charge is 0.229 e. The maximum atomic E-state index is 12.1. The van der Waals surface area contributed by atoms with E-state index in [2.05, 4.69) is 5.32 Å². The van der Waals surface area contributed by atoms with E-state index in [0.717, 1.165) is 42.5 Å². The maximum Gasteiger partial charge on any atom is 0.229 e. The van der Waals surface area contributed by atoms with Crippen molar-refractivity contribution in [2.75, 3.05) is 13.1 Å². The zero-order chi connectivity index (χ0) is 16.7. The Labute approximate surface area is 141 Å². The van der Waals surface area contributed by atoms with Crippen LogP contribution in [0.3, 0.4) is 0 Å². The first-order chi connectivity index (χ1) is 11.7. The van der Waals surface area contributed by atoms with Crippen molar-refractivity contribution in [1.29, 1.82) is 0 Å². The molecule has 24 heavy (non-hydrogen) atoms. The Hall–Kier alpha value is -2.33. The van der Waals surface area contributed by atoms with Crippen LogP contribution in [0.25, 0.3) is 0 Å². The van der Waals surface area contributed by atoms with Crippen molar-refractivity contribution in [3.8, 4) is 5.75 Å². The predicted molar refractivity (Wildman–Crippen MR) is 92.6 cm³/mol. The molecule has 2 aromatic carbocycles. The predicted octanol–water partition coefficient (Wildman–Crippen LogP) is 2.02. The summed E-state index contributed by atoms with van der Waals surface area (Å²) in [5.41, 5.74) is 7.99. The van der Waals surface area contributed by atoms with E-state index in [1.165, 1.54) is 0 Å². The van der Waals surface area contributed by atoms with Gasteiger partial charge < -0.3 is 16.2 Å². The number of para-hydroxylation sites is 1. The second kappa shape index (κ2) is 5.95. The van der Waals surface area contributed by atoms with Gasteiger partial charge in [0.1, 0.15) is 5.75 Å². The Kier molecular flexibility index (Phi) is 3.77. The molecule has 4 nitrogen and oxygen atoms in total. The van der Waals surface area contributed by atoms with Crippen LogP contribution in [0.2, 0.25) is 0 Å². The van der Waals surface area contributed by atoms with Crippen molar-refractivity contribution >= 4 is 5.91 Å². The number of hydrogen-bond donors (Lipinski definition) is 3. The molecule has 4 rings (SSSR count). The van der Waals surface area contributed by atoms with Gasteiger partial charge in [0.05, 0.1) is 5.92 Å². The van der Waals surface area contributed by atoms with Crippen molar-refractivity contribution in [3.05, 3.63) is 65.2 Å². The van der Waals surface area contributed by atoms with Crippen molar-refractivity contribution in [2.45, 2.75) is 12.3 Å². The average Bonchev–Trinajstić information content (AvgIpc) is 3.01. The normalized spacial score (nSPS) is 25.9. The summed E-state index contributed by atoms with van der Waals surface area (Å²) in [6.07, 6.45) is 0.872. The van der Waals surface area contributed by atoms with Gasteiger partial charge in [-0.1, -0.05) is 48.5 Å². The number of nitrogens with one attached hydrogen (secondary N) is 1. The van der Waals surface area contributed by atoms with E-state index >= 15 is 0 Å². The highest BCUT2D eigenvalue weighted by Gasteiger charge is 2.52. The fraction of sp³-hybridized carbons (Fsp3) is 0.350. The van der Waals surface area contributed by atoms with E-state index < -0.39 is 11.8 Å². The van der Waals surface area contributed by atoms with E-state index in [0.29, 0.717) is 11.5 Å². The first-order valence-corrected chi connectivity index (χ1v) is 8.52. The van der Waals surface area contributed by atoms with Gasteiger partial charge in [0.15, 0.2) is 0 Å². The Morgan fingerprint density at radius 2 is 1.83 bits per heavy atom. The third kappa shape index (κ3) is 2.57. The van der Waals surface area contributed by atoms with Gasteiger partial charge >= 0.3 is 0 Å². The van der Waals surface area contributed by atoms with Crippen LogP contribution in [0.5, 0.6) is 5.75 Å². The molecule has 2 aromatic rings. The van der Waals surface area contributed by atoms with E-state index in [4.69, 9.17) is 5.73 Å². The maximum absolute atomic E-state index is 12.1. The highest BCUT2D eigenvalue weighted by molar-refractivity contribution is 5.86. The van der Waals surface area contributed by atoms with Gasteiger partial charge in [-0.3, -0.25) is 4.79 Å². The lowest BCUT2D eigenvalue weighted by Crippen LogP contribution is -2.22. The van der Waals surface area contributed by atoms with Crippen LogP contribution in [-0.4, -0.2) is 24.1 Å². The molecule has 3 unspecified atom stereocenters. The molecule has 1 aliphatic carbocycles. The molecule has 4 N–H and O–H groups in total. The van der Waals surface area contributed by atoms with Crippen LogP contribution in [0.4, 0.5) is 0 Å². The summed E-state index contributed by atoms with van der Waals surface area (Å²) in [5, 5.41) is 14.2. The second-order valence-corrected chi connectivity index (χ2v) is 6.95. The number of piperidine rings is 1. The van der Waals surface area contributed by atoms with E-state index in [1.807, 2.05) is 42.5 Å². The van der Waals surface area contributed by atoms with Crippen LogP contribution in [0.15, 0.2) is 48.5 Å². The van der Waals surface area contributed by atoms with Gasteiger partial charge in [-0.2, -0.15) is 0 Å². The first-order valence-electron chi connectivity index (χ1n) is 8.52. The number of amides is 1. The largest absolute Gasteiger partial charge is 0.507 e. The lowest BCUT2D eigenvalue weighted by molar-refractivity contribution is -0.118. The summed E-state index contributed by atoms with van der Waals surface area (Å²) >= 11 is 0. The van der Waals surface area contributed by atoms with Crippen molar-refractivity contribution in [2.24, 2.45) is 23.5 Å². The number of nitrogens with two attached hydrogens (primary N) is 1. The number of rotatable bonds is 5. The second-order valence-electron chi connectivity index (χ2n) is 6.95. The molecular weight excluding hydrogens is 300 g/mol. The minimum absolute atomic E-state index is 0.225. The number of carbonyl (C=O) groups excluding carboxylic acids is 1. The van der Waals surface area contributed by atoms with E-state index in [9.17, 15) is 9.90 Å². The topological polar surface area (TPSA) is 75.4 Å². The summed E-state index contributed by atoms with van der Waals surface area (Å²) < 4.78 is 0. The third-order valence-corrected chi connectivity index (χ3v) is 5.60. The van der Waals surface area contributed by atoms with Gasteiger partial charge in [-0.15, -0.1) is 0 Å². The molecule has 0 spiro atoms. The lowest BCUT2D eigenvalue weighted by atomic mass is 9.88. The van der Waals surface area contributed by atoms with Crippen molar-refractivity contribution in [3.63, 3.8) is 0 Å². The quantitative estimate of drug-likeness (QED) is 0.788. The molecule has 2 fully saturated rings. The zero-order valence-corrected chi connectivity index (χ0v) is 13.5. The molecule has 2 aliphatic rings. The molecule has 1 aliphatic heterocycles. The Morgan fingerprint density at radius 3 is 2.50 bits per heavy atom. The summed E-state index contributed by atoms with van der Waals surface area (Å²) in [7, 11) is 0. The molecular formula is C20H22N2O2. The van der Waals surface area contributed by atoms with Crippen LogP contribution in [0.1, 0.15) is 22.6 Å². The molecule has 4 heteroatoms. The molecule has 1 heterocycles. The molecule has 124 valence electrons. The fourth-order valence-electron chi connectivity index (χ4n) is 4.25. The number of phenolic OH excluding ortho intramolecular Hbond substituents is 1. The van der Waals surface area contributed by atoms with Crippen LogP contribution in [-0.2, 0) is 11.2 Å². The molecule has 3 atom stereocenters. The molecule has 1 saturated carbocycles. The number of aromatic hydroxyl groups is 1. The Bertz CT molecular complexity index is 749. The third-order valence-electron chi connectivity index (χ3n) is 5.60. The number of fused-ring (bicyclic) bond motifs is 1. The minimum atomic E-state index is -0.619. The number of carbonyl (C=O) groups is 1. The Morgan fingerprint density at radius 1 is 1.12 bits per heavy atom. The van der Waals surface area contributed by atoms with Gasteiger partial charge in [-0.25, -0.2) is 0 Å². The van der Waals surface area contributed by atoms with E-state index in [-0.39, 0.29) is 5.75 Å². The highest BCUT2D eigenvalue weighted by Crippen LogP contribution is 2.51. The molecule has 0 aromatic heterocycles. The SMILES string of the molecule is NC(=O)C(c1ccccc1)c1cccc(CC2C3CNCC32)c1O. The van der Waals surface area contributed by atoms with Crippen LogP contribution < -0.4 is 11.1 Å². The Balaban J connectivity index is 1.64. The monoisotopic (exact) mass is 322 g/mol. The van der Waals surface area contributed by atoms with Gasteiger partial charge in [0.25, 0.3) is 0 Å². The van der Waals surface area contributed by atoms with Gasteiger partial charge in [-0.05, 0) is 48.4 Å². The minimum Gasteiger partial charge on any atom is -0.507 e. The van der Waals surface area contributed by atoms with Gasteiger partial charge in [0, 0.05) is 5.56 Å². The molecule has 1 amide bonds. The molecule has 0 bridgehead atoms. The van der Waals surface area contributed by atoms with Crippen LogP contribution >= 0.6 is 0 Å². The number of hydrogen-bond acceptors (Lipinski definition) is 3. The fourth-order valence-corrected chi connectivity index (χ4v) is 4.25. The van der Waals surface area contributed by atoms with E-state index in [1.54, 1.807) is 6.07 Å². The molecule has 0 radical (unpaired) electrons. The average molecular weight is 322 g/mol. The lowest BCUT2D eigenvalue weighted by Gasteiger charge is -2.18.